The van der Waals surface area contributed by atoms with Gasteiger partial charge >= 0.3 is 0 Å². The molecule has 1 heterocycles. The van der Waals surface area contributed by atoms with Gasteiger partial charge in [-0.05, 0) is 101 Å². The second-order valence-corrected chi connectivity index (χ2v) is 22.2. The minimum Gasteiger partial charge on any atom is -0.543 e. The summed E-state index contributed by atoms with van der Waals surface area (Å²) in [5.74, 6) is 6.89. The highest BCUT2D eigenvalue weighted by atomic mass is 28.4. The highest BCUT2D eigenvalue weighted by molar-refractivity contribution is 6.74. The zero-order valence-electron chi connectivity index (χ0n) is 34.3. The van der Waals surface area contributed by atoms with Gasteiger partial charge in [-0.25, -0.2) is 5.43 Å². The second kappa shape index (κ2) is 15.7. The first kappa shape index (κ1) is 41.3. The molecule has 3 aliphatic rings. The number of hydrazone groups is 1. The first-order valence-corrected chi connectivity index (χ1v) is 21.6. The summed E-state index contributed by atoms with van der Waals surface area (Å²) in [5.41, 5.74) is 12.7. The van der Waals surface area contributed by atoms with Gasteiger partial charge in [-0.2, -0.15) is 10.4 Å². The molecule has 290 valence electrons. The molecular weight excluding hydrogens is 715 g/mol. The number of hydrogen-bond donors (Lipinski definition) is 4. The Morgan fingerprint density at radius 3 is 2.14 bits per heavy atom. The van der Waals surface area contributed by atoms with E-state index >= 15 is 0 Å². The molecule has 0 bridgehead atoms. The van der Waals surface area contributed by atoms with E-state index in [9.17, 15) is 10.1 Å². The summed E-state index contributed by atoms with van der Waals surface area (Å²) in [6.45, 7) is 22.9. The molecule has 0 aromatic heterocycles. The van der Waals surface area contributed by atoms with E-state index in [2.05, 4.69) is 67.6 Å². The summed E-state index contributed by atoms with van der Waals surface area (Å²) in [4.78, 5) is 21.2. The highest BCUT2D eigenvalue weighted by Gasteiger charge is 2.49. The third kappa shape index (κ3) is 9.14. The van der Waals surface area contributed by atoms with Crippen LogP contribution in [0, 0.1) is 28.6 Å². The van der Waals surface area contributed by atoms with Crippen LogP contribution in [0.3, 0.4) is 0 Å². The van der Waals surface area contributed by atoms with Crippen LogP contribution >= 0.6 is 0 Å². The molecule has 0 spiro atoms. The molecule has 0 radical (unpaired) electrons. The van der Waals surface area contributed by atoms with Crippen LogP contribution in [0.2, 0.25) is 18.1 Å². The SMILES string of the molecule is CC(C)(C)NC(=O)c1c2cccccc-2c(C2C(C#N)=C(c3cccc(C#Cc4cccc(/C=N/NC(=N)N)c4)c3)ON2C(C)(C)C)c1O[Si](C)(C)C(C)(C)C. The quantitative estimate of drug-likeness (QED) is 0.0483. The number of amides is 1. The Labute approximate surface area is 332 Å². The molecule has 56 heavy (non-hydrogen) atoms. The lowest BCUT2D eigenvalue weighted by Crippen LogP contribution is -2.45. The first-order chi connectivity index (χ1) is 26.1. The Morgan fingerprint density at radius 1 is 0.929 bits per heavy atom. The Bertz CT molecular complexity index is 2290. The van der Waals surface area contributed by atoms with Gasteiger partial charge in [0.25, 0.3) is 14.2 Å². The van der Waals surface area contributed by atoms with Crippen molar-refractivity contribution >= 4 is 32.2 Å². The van der Waals surface area contributed by atoms with E-state index in [1.807, 2.05) is 125 Å². The van der Waals surface area contributed by atoms with Crippen molar-refractivity contribution in [2.24, 2.45) is 10.8 Å². The molecule has 11 heteroatoms. The van der Waals surface area contributed by atoms with Crippen molar-refractivity contribution in [3.63, 3.8) is 0 Å². The predicted molar refractivity (Wildman–Crippen MR) is 228 cm³/mol. The van der Waals surface area contributed by atoms with E-state index in [-0.39, 0.29) is 16.9 Å². The second-order valence-electron chi connectivity index (χ2n) is 17.5. The van der Waals surface area contributed by atoms with Gasteiger partial charge in [0.1, 0.15) is 17.9 Å². The molecule has 1 aliphatic heterocycles. The fourth-order valence-electron chi connectivity index (χ4n) is 6.10. The van der Waals surface area contributed by atoms with Crippen molar-refractivity contribution in [3.8, 4) is 34.8 Å². The molecule has 5 N–H and O–H groups in total. The van der Waals surface area contributed by atoms with Crippen molar-refractivity contribution in [2.45, 2.75) is 97.6 Å². The lowest BCUT2D eigenvalue weighted by molar-refractivity contribution is -0.157. The van der Waals surface area contributed by atoms with Gasteiger partial charge in [0.05, 0.1) is 17.4 Å². The number of nitrogens with two attached hydrogens (primary N) is 1. The van der Waals surface area contributed by atoms with Crippen molar-refractivity contribution in [3.05, 3.63) is 118 Å². The third-order valence-corrected chi connectivity index (χ3v) is 14.0. The van der Waals surface area contributed by atoms with Gasteiger partial charge in [0.2, 0.25) is 5.96 Å². The molecule has 5 rings (SSSR count). The van der Waals surface area contributed by atoms with Gasteiger partial charge in [-0.3, -0.25) is 10.2 Å². The zero-order valence-corrected chi connectivity index (χ0v) is 35.3. The van der Waals surface area contributed by atoms with Crippen LogP contribution in [-0.2, 0) is 4.84 Å². The minimum atomic E-state index is -2.57. The van der Waals surface area contributed by atoms with Crippen LogP contribution in [0.15, 0.2) is 89.5 Å². The van der Waals surface area contributed by atoms with E-state index < -0.39 is 25.4 Å². The number of nitrogens with one attached hydrogen (secondary N) is 3. The van der Waals surface area contributed by atoms with E-state index in [0.29, 0.717) is 28.2 Å². The molecule has 2 aromatic carbocycles. The van der Waals surface area contributed by atoms with Crippen LogP contribution in [0.1, 0.15) is 107 Å². The summed E-state index contributed by atoms with van der Waals surface area (Å²) >= 11 is 0. The van der Waals surface area contributed by atoms with E-state index in [0.717, 1.165) is 33.4 Å². The van der Waals surface area contributed by atoms with Crippen LogP contribution in [0.25, 0.3) is 16.9 Å². The molecule has 2 aromatic rings. The average Bonchev–Trinajstić information content (AvgIpc) is 3.51. The smallest absolute Gasteiger partial charge is 0.256 e. The molecule has 10 nitrogen and oxygen atoms in total. The van der Waals surface area contributed by atoms with Gasteiger partial charge in [-0.1, -0.05) is 87.2 Å². The number of carbonyl (C=O) groups is 1. The van der Waals surface area contributed by atoms with E-state index in [1.165, 1.54) is 0 Å². The zero-order chi connectivity index (χ0) is 41.2. The van der Waals surface area contributed by atoms with Crippen LogP contribution in [0.4, 0.5) is 0 Å². The molecule has 0 saturated heterocycles. The normalized spacial score (nSPS) is 15.2. The van der Waals surface area contributed by atoms with E-state index in [1.54, 1.807) is 6.21 Å². The molecule has 1 unspecified atom stereocenters. The third-order valence-electron chi connectivity index (χ3n) is 9.71. The number of benzene rings is 2. The highest BCUT2D eigenvalue weighted by Crippen LogP contribution is 2.55. The number of fused-ring (bicyclic) bond motifs is 1. The molecule has 2 aliphatic carbocycles. The average molecular weight is 768 g/mol. The lowest BCUT2D eigenvalue weighted by Gasteiger charge is -2.39. The van der Waals surface area contributed by atoms with Crippen molar-refractivity contribution < 1.29 is 14.1 Å². The molecule has 0 saturated carbocycles. The van der Waals surface area contributed by atoms with Gasteiger partial charge in [0.15, 0.2) is 5.76 Å². The molecule has 1 atom stereocenters. The van der Waals surface area contributed by atoms with Crippen LogP contribution in [-0.4, -0.2) is 42.5 Å². The lowest BCUT2D eigenvalue weighted by atomic mass is 9.92. The molecule has 0 fully saturated rings. The fourth-order valence-corrected chi connectivity index (χ4v) is 7.13. The number of nitriles is 1. The number of carbonyl (C=O) groups excluding carboxylic acids is 1. The molecular formula is C45H53N7O3Si. The van der Waals surface area contributed by atoms with Crippen LogP contribution in [0.5, 0.6) is 5.75 Å². The first-order valence-electron chi connectivity index (χ1n) is 18.6. The summed E-state index contributed by atoms with van der Waals surface area (Å²) in [6, 6.07) is 26.8. The summed E-state index contributed by atoms with van der Waals surface area (Å²) in [7, 11) is -2.57. The summed E-state index contributed by atoms with van der Waals surface area (Å²) in [5, 5.41) is 27.2. The maximum Gasteiger partial charge on any atom is 0.256 e. The summed E-state index contributed by atoms with van der Waals surface area (Å²) in [6.07, 6.45) is 1.57. The fraction of sp³-hybridized carbons (Fsp3) is 0.333. The maximum atomic E-state index is 14.4. The number of nitrogens with zero attached hydrogens (tertiary/aromatic N) is 3. The molecule has 1 amide bonds. The Balaban J connectivity index is 1.72. The Kier molecular flexibility index (Phi) is 11.6. The Morgan fingerprint density at radius 2 is 1.55 bits per heavy atom. The topological polar surface area (TPSA) is 149 Å². The van der Waals surface area contributed by atoms with Gasteiger partial charge in [0, 0.05) is 33.3 Å². The van der Waals surface area contributed by atoms with Crippen molar-refractivity contribution in [2.75, 3.05) is 0 Å². The number of guanidine groups is 1. The number of hydrogen-bond acceptors (Lipinski definition) is 7. The Hall–Kier alpha value is -5.88. The van der Waals surface area contributed by atoms with Gasteiger partial charge in [-0.15, -0.1) is 5.06 Å². The number of rotatable bonds is 7. The maximum absolute atomic E-state index is 14.4. The van der Waals surface area contributed by atoms with Gasteiger partial charge < -0.3 is 20.3 Å². The van der Waals surface area contributed by atoms with Crippen LogP contribution < -0.4 is 20.9 Å². The predicted octanol–water partition coefficient (Wildman–Crippen LogP) is 8.94. The van der Waals surface area contributed by atoms with E-state index in [4.69, 9.17) is 20.4 Å². The minimum absolute atomic E-state index is 0.186. The monoisotopic (exact) mass is 767 g/mol. The number of hydroxylamine groups is 2. The van der Waals surface area contributed by atoms with Crippen molar-refractivity contribution in [1.29, 1.82) is 10.7 Å². The largest absolute Gasteiger partial charge is 0.543 e. The summed E-state index contributed by atoms with van der Waals surface area (Å²) < 4.78 is 7.24. The standard InChI is InChI=1S/C45H53N7O3Si/c1-43(2,3)50-41(53)37-34-22-14-12-13-21-33(34)36(40(37)55-56(10,11)45(7,8)9)38-35(27-46)39(54-52(38)44(4,5)6)32-20-16-18-30(26-32)24-23-29-17-15-19-31(25-29)28-49-51-42(47)48/h12-22,25-26,28,38H,1-11H3,(H,50,53)(H4,47,48,51)/b49-28+. The van der Waals surface area contributed by atoms with Crippen molar-refractivity contribution in [1.82, 2.24) is 15.8 Å².